The van der Waals surface area contributed by atoms with E-state index in [1.54, 1.807) is 6.07 Å². The van der Waals surface area contributed by atoms with Gasteiger partial charge in [0.1, 0.15) is 5.82 Å². The molecule has 0 radical (unpaired) electrons. The number of fused-ring (bicyclic) bond motifs is 1. The van der Waals surface area contributed by atoms with E-state index < -0.39 is 0 Å². The van der Waals surface area contributed by atoms with E-state index in [0.29, 0.717) is 10.2 Å². The minimum Gasteiger partial charge on any atom is -0.364 e. The quantitative estimate of drug-likeness (QED) is 0.860. The van der Waals surface area contributed by atoms with E-state index in [4.69, 9.17) is 12.2 Å². The molecule has 1 N–H and O–H groups in total. The van der Waals surface area contributed by atoms with Crippen LogP contribution in [0.3, 0.4) is 0 Å². The predicted molar refractivity (Wildman–Crippen MR) is 88.1 cm³/mol. The molecule has 0 bridgehead atoms. The normalized spacial score (nSPS) is 19.2. The molecule has 1 aromatic carbocycles. The van der Waals surface area contributed by atoms with Gasteiger partial charge >= 0.3 is 0 Å². The molecule has 2 aromatic rings. The Labute approximate surface area is 129 Å². The zero-order valence-corrected chi connectivity index (χ0v) is 13.2. The van der Waals surface area contributed by atoms with Crippen LogP contribution in [-0.4, -0.2) is 30.2 Å². The molecule has 1 atom stereocenters. The number of anilines is 1. The molecule has 1 fully saturated rings. The second-order valence-electron chi connectivity index (χ2n) is 5.53. The molecule has 1 unspecified atom stereocenters. The summed E-state index contributed by atoms with van der Waals surface area (Å²) >= 11 is 5.34. The van der Waals surface area contributed by atoms with Gasteiger partial charge in [0.25, 0.3) is 0 Å². The van der Waals surface area contributed by atoms with Crippen molar-refractivity contribution in [3.05, 3.63) is 34.7 Å². The summed E-state index contributed by atoms with van der Waals surface area (Å²) in [5.74, 6) is -0.184. The number of halogens is 1. The summed E-state index contributed by atoms with van der Waals surface area (Å²) in [5.41, 5.74) is 1.69. The fourth-order valence-corrected chi connectivity index (χ4v) is 3.23. The van der Waals surface area contributed by atoms with E-state index in [2.05, 4.69) is 28.6 Å². The largest absolute Gasteiger partial charge is 0.364 e. The lowest BCUT2D eigenvalue weighted by Crippen LogP contribution is -2.50. The molecule has 112 valence electrons. The Morgan fingerprint density at radius 2 is 2.24 bits per heavy atom. The molecular weight excluding hydrogens is 285 g/mol. The van der Waals surface area contributed by atoms with E-state index in [9.17, 15) is 4.39 Å². The van der Waals surface area contributed by atoms with E-state index in [1.165, 1.54) is 0 Å². The van der Waals surface area contributed by atoms with Crippen molar-refractivity contribution in [2.45, 2.75) is 26.4 Å². The van der Waals surface area contributed by atoms with Crippen molar-refractivity contribution in [3.63, 3.8) is 0 Å². The highest BCUT2D eigenvalue weighted by Gasteiger charge is 2.21. The molecule has 1 saturated heterocycles. The van der Waals surface area contributed by atoms with Gasteiger partial charge in [0.2, 0.25) is 0 Å². The topological polar surface area (TPSA) is 20.2 Å². The van der Waals surface area contributed by atoms with Crippen LogP contribution in [0.1, 0.15) is 13.8 Å². The Bertz CT molecular complexity index is 725. The third-order valence-electron chi connectivity index (χ3n) is 4.20. The Hall–Kier alpha value is -1.46. The summed E-state index contributed by atoms with van der Waals surface area (Å²) in [4.78, 5) is 2.14. The van der Waals surface area contributed by atoms with Gasteiger partial charge in [0.15, 0.2) is 0 Å². The molecule has 1 aromatic heterocycles. The first-order valence-corrected chi connectivity index (χ1v) is 7.82. The predicted octanol–water partition coefficient (Wildman–Crippen LogP) is 3.33. The van der Waals surface area contributed by atoms with Crippen molar-refractivity contribution in [2.24, 2.45) is 0 Å². The summed E-state index contributed by atoms with van der Waals surface area (Å²) in [6.07, 6.45) is 1.98. The number of nitrogens with zero attached hydrogens (tertiary/aromatic N) is 2. The maximum absolute atomic E-state index is 14.6. The minimum atomic E-state index is -0.184. The van der Waals surface area contributed by atoms with Crippen LogP contribution >= 0.6 is 12.2 Å². The molecule has 0 spiro atoms. The monoisotopic (exact) mass is 305 g/mol. The van der Waals surface area contributed by atoms with Crippen LogP contribution in [0, 0.1) is 10.3 Å². The molecular formula is C16H20FN3S. The van der Waals surface area contributed by atoms with E-state index in [0.717, 1.165) is 37.1 Å². The first kappa shape index (κ1) is 14.5. The molecule has 1 aliphatic rings. The summed E-state index contributed by atoms with van der Waals surface area (Å²) in [6, 6.07) is 5.69. The SMILES string of the molecule is CCn1ccc(=S)c2cc(F)c(N3CCNCC3C)cc21. The number of benzene rings is 1. The second-order valence-corrected chi connectivity index (χ2v) is 5.97. The van der Waals surface area contributed by atoms with Gasteiger partial charge in [0, 0.05) is 48.3 Å². The van der Waals surface area contributed by atoms with Gasteiger partial charge in [-0.05, 0) is 32.0 Å². The molecule has 21 heavy (non-hydrogen) atoms. The number of aryl methyl sites for hydroxylation is 1. The Morgan fingerprint density at radius 3 is 2.95 bits per heavy atom. The fraction of sp³-hybridized carbons (Fsp3) is 0.438. The number of nitrogens with one attached hydrogen (secondary N) is 1. The third kappa shape index (κ3) is 2.56. The first-order chi connectivity index (χ1) is 10.1. The van der Waals surface area contributed by atoms with E-state index in [1.807, 2.05) is 18.3 Å². The summed E-state index contributed by atoms with van der Waals surface area (Å²) in [5, 5.41) is 4.15. The van der Waals surface area contributed by atoms with Crippen molar-refractivity contribution < 1.29 is 4.39 Å². The van der Waals surface area contributed by atoms with Gasteiger partial charge in [-0.1, -0.05) is 12.2 Å². The Balaban J connectivity index is 2.20. The third-order valence-corrected chi connectivity index (χ3v) is 4.55. The molecule has 0 amide bonds. The number of aromatic nitrogens is 1. The van der Waals surface area contributed by atoms with E-state index >= 15 is 0 Å². The molecule has 5 heteroatoms. The number of pyridine rings is 1. The van der Waals surface area contributed by atoms with Gasteiger partial charge in [-0.15, -0.1) is 0 Å². The Kier molecular flexibility index (Phi) is 3.95. The van der Waals surface area contributed by atoms with Crippen molar-refractivity contribution in [2.75, 3.05) is 24.5 Å². The zero-order valence-electron chi connectivity index (χ0n) is 12.4. The van der Waals surface area contributed by atoms with Gasteiger partial charge in [-0.3, -0.25) is 0 Å². The van der Waals surface area contributed by atoms with Crippen molar-refractivity contribution >= 4 is 28.8 Å². The number of piperazine rings is 1. The minimum absolute atomic E-state index is 0.184. The second kappa shape index (κ2) is 5.73. The van der Waals surface area contributed by atoms with Gasteiger partial charge < -0.3 is 14.8 Å². The molecule has 3 nitrogen and oxygen atoms in total. The van der Waals surface area contributed by atoms with Gasteiger partial charge in [-0.25, -0.2) is 4.39 Å². The van der Waals surface area contributed by atoms with Gasteiger partial charge in [-0.2, -0.15) is 0 Å². The molecule has 0 aliphatic carbocycles. The zero-order chi connectivity index (χ0) is 15.0. The van der Waals surface area contributed by atoms with Crippen LogP contribution in [0.15, 0.2) is 24.4 Å². The Morgan fingerprint density at radius 1 is 1.43 bits per heavy atom. The highest BCUT2D eigenvalue weighted by Crippen LogP contribution is 2.28. The van der Waals surface area contributed by atoms with Crippen molar-refractivity contribution in [3.8, 4) is 0 Å². The van der Waals surface area contributed by atoms with Crippen LogP contribution in [0.5, 0.6) is 0 Å². The molecule has 0 saturated carbocycles. The van der Waals surface area contributed by atoms with Crippen LogP contribution in [0.4, 0.5) is 10.1 Å². The van der Waals surface area contributed by atoms with Crippen LogP contribution in [0.25, 0.3) is 10.9 Å². The van der Waals surface area contributed by atoms with Crippen LogP contribution < -0.4 is 10.2 Å². The average molecular weight is 305 g/mol. The number of hydrogen-bond acceptors (Lipinski definition) is 3. The number of rotatable bonds is 2. The van der Waals surface area contributed by atoms with Crippen molar-refractivity contribution in [1.82, 2.24) is 9.88 Å². The van der Waals surface area contributed by atoms with Crippen LogP contribution in [-0.2, 0) is 6.54 Å². The lowest BCUT2D eigenvalue weighted by Gasteiger charge is -2.36. The summed E-state index contributed by atoms with van der Waals surface area (Å²) < 4.78 is 17.4. The lowest BCUT2D eigenvalue weighted by molar-refractivity contribution is 0.491. The smallest absolute Gasteiger partial charge is 0.147 e. The average Bonchev–Trinajstić information content (AvgIpc) is 2.49. The molecule has 2 heterocycles. The van der Waals surface area contributed by atoms with Gasteiger partial charge in [0.05, 0.1) is 11.2 Å². The summed E-state index contributed by atoms with van der Waals surface area (Å²) in [6.45, 7) is 7.63. The van der Waals surface area contributed by atoms with E-state index in [-0.39, 0.29) is 11.9 Å². The maximum atomic E-state index is 14.6. The maximum Gasteiger partial charge on any atom is 0.147 e. The lowest BCUT2D eigenvalue weighted by atomic mass is 10.1. The highest BCUT2D eigenvalue weighted by atomic mass is 32.1. The fourth-order valence-electron chi connectivity index (χ4n) is 3.01. The number of hydrogen-bond donors (Lipinski definition) is 1. The van der Waals surface area contributed by atoms with Crippen molar-refractivity contribution in [1.29, 1.82) is 0 Å². The van der Waals surface area contributed by atoms with Crippen LogP contribution in [0.2, 0.25) is 0 Å². The molecule has 1 aliphatic heterocycles. The highest BCUT2D eigenvalue weighted by molar-refractivity contribution is 7.71. The standard InChI is InChI=1S/C16H20FN3S/c1-3-19-6-4-16(21)12-8-13(17)15(9-14(12)19)20-7-5-18-10-11(20)2/h4,6,8-9,11,18H,3,5,7,10H2,1-2H3. The first-order valence-electron chi connectivity index (χ1n) is 7.42. The summed E-state index contributed by atoms with van der Waals surface area (Å²) in [7, 11) is 0. The molecule has 3 rings (SSSR count).